The smallest absolute Gasteiger partial charge is 0.270 e. The molecule has 2 aromatic carbocycles. The first-order valence-electron chi connectivity index (χ1n) is 7.74. The Balaban J connectivity index is 1.66. The van der Waals surface area contributed by atoms with Gasteiger partial charge < -0.3 is 4.90 Å². The Kier molecular flexibility index (Phi) is 4.37. The van der Waals surface area contributed by atoms with Gasteiger partial charge in [0.1, 0.15) is 0 Å². The van der Waals surface area contributed by atoms with Crippen molar-refractivity contribution in [3.05, 3.63) is 75.8 Å². The van der Waals surface area contributed by atoms with E-state index in [1.54, 1.807) is 17.0 Å². The second kappa shape index (κ2) is 6.60. The minimum atomic E-state index is -0.474. The van der Waals surface area contributed by atoms with Crippen LogP contribution in [0.25, 0.3) is 0 Å². The Morgan fingerprint density at radius 3 is 2.39 bits per heavy atom. The summed E-state index contributed by atoms with van der Waals surface area (Å²) in [6.07, 6.45) is 1.84. The molecule has 23 heavy (non-hydrogen) atoms. The highest BCUT2D eigenvalue weighted by molar-refractivity contribution is 5.94. The average Bonchev–Trinajstić information content (AvgIpc) is 2.62. The lowest BCUT2D eigenvalue weighted by atomic mass is 9.89. The van der Waals surface area contributed by atoms with Gasteiger partial charge in [-0.2, -0.15) is 0 Å². The van der Waals surface area contributed by atoms with Crippen molar-refractivity contribution < 1.29 is 9.72 Å². The van der Waals surface area contributed by atoms with Crippen LogP contribution in [-0.4, -0.2) is 28.8 Å². The number of likely N-dealkylation sites (tertiary alicyclic amines) is 1. The fraction of sp³-hybridized carbons (Fsp3) is 0.278. The number of nitro benzene ring substituents is 1. The monoisotopic (exact) mass is 310 g/mol. The molecule has 1 saturated heterocycles. The van der Waals surface area contributed by atoms with Crippen molar-refractivity contribution in [2.24, 2.45) is 0 Å². The van der Waals surface area contributed by atoms with E-state index >= 15 is 0 Å². The molecule has 5 heteroatoms. The summed E-state index contributed by atoms with van der Waals surface area (Å²) >= 11 is 0. The van der Waals surface area contributed by atoms with E-state index in [0.29, 0.717) is 24.6 Å². The highest BCUT2D eigenvalue weighted by Gasteiger charge is 2.25. The second-order valence-corrected chi connectivity index (χ2v) is 5.78. The number of hydrogen-bond acceptors (Lipinski definition) is 3. The minimum Gasteiger partial charge on any atom is -0.339 e. The summed E-state index contributed by atoms with van der Waals surface area (Å²) in [6.45, 7) is 1.36. The van der Waals surface area contributed by atoms with Crippen LogP contribution in [0.1, 0.15) is 34.7 Å². The molecular weight excluding hydrogens is 292 g/mol. The van der Waals surface area contributed by atoms with Gasteiger partial charge in [0.2, 0.25) is 0 Å². The Hall–Kier alpha value is -2.69. The molecule has 0 spiro atoms. The third kappa shape index (κ3) is 3.39. The summed E-state index contributed by atoms with van der Waals surface area (Å²) in [6, 6.07) is 16.3. The van der Waals surface area contributed by atoms with Crippen molar-refractivity contribution in [2.75, 3.05) is 13.1 Å². The van der Waals surface area contributed by atoms with Crippen molar-refractivity contribution in [1.82, 2.24) is 4.90 Å². The van der Waals surface area contributed by atoms with Gasteiger partial charge in [-0.25, -0.2) is 0 Å². The van der Waals surface area contributed by atoms with Gasteiger partial charge in [-0.15, -0.1) is 0 Å². The number of rotatable bonds is 3. The number of non-ortho nitro benzene ring substituents is 1. The molecule has 0 saturated carbocycles. The van der Waals surface area contributed by atoms with E-state index in [1.807, 2.05) is 18.2 Å². The Morgan fingerprint density at radius 2 is 1.74 bits per heavy atom. The fourth-order valence-electron chi connectivity index (χ4n) is 3.08. The summed E-state index contributed by atoms with van der Waals surface area (Å²) < 4.78 is 0. The molecule has 118 valence electrons. The molecule has 1 amide bonds. The first-order valence-corrected chi connectivity index (χ1v) is 7.74. The highest BCUT2D eigenvalue weighted by atomic mass is 16.6. The number of carbonyl (C=O) groups is 1. The van der Waals surface area contributed by atoms with Crippen LogP contribution in [0.5, 0.6) is 0 Å². The van der Waals surface area contributed by atoms with Crippen molar-refractivity contribution in [3.63, 3.8) is 0 Å². The lowest BCUT2D eigenvalue weighted by molar-refractivity contribution is -0.384. The summed E-state index contributed by atoms with van der Waals surface area (Å²) in [5, 5.41) is 10.8. The number of carbonyl (C=O) groups excluding carboxylic acids is 1. The lowest BCUT2D eigenvalue weighted by Gasteiger charge is -2.32. The van der Waals surface area contributed by atoms with Crippen LogP contribution in [0.4, 0.5) is 5.69 Å². The number of amides is 1. The van der Waals surface area contributed by atoms with E-state index < -0.39 is 4.92 Å². The third-order valence-electron chi connectivity index (χ3n) is 4.36. The molecule has 0 aromatic heterocycles. The van der Waals surface area contributed by atoms with E-state index in [9.17, 15) is 14.9 Å². The maximum atomic E-state index is 12.5. The number of piperidine rings is 1. The zero-order valence-electron chi connectivity index (χ0n) is 12.7. The molecule has 0 radical (unpaired) electrons. The van der Waals surface area contributed by atoms with Crippen molar-refractivity contribution in [3.8, 4) is 0 Å². The fourth-order valence-corrected chi connectivity index (χ4v) is 3.08. The van der Waals surface area contributed by atoms with Gasteiger partial charge >= 0.3 is 0 Å². The summed E-state index contributed by atoms with van der Waals surface area (Å²) in [5.41, 5.74) is 1.65. The summed E-state index contributed by atoms with van der Waals surface area (Å²) in [5.74, 6) is 0.352. The Labute approximate surface area is 134 Å². The van der Waals surface area contributed by atoms with Gasteiger partial charge in [-0.05, 0) is 30.4 Å². The molecule has 0 unspecified atom stereocenters. The molecule has 2 aromatic rings. The van der Waals surface area contributed by atoms with Crippen LogP contribution in [-0.2, 0) is 0 Å². The number of nitrogens with zero attached hydrogens (tertiary/aromatic N) is 2. The quantitative estimate of drug-likeness (QED) is 0.642. The molecule has 1 heterocycles. The normalized spacial score (nSPS) is 15.4. The van der Waals surface area contributed by atoms with Crippen LogP contribution in [0, 0.1) is 10.1 Å². The number of nitro groups is 1. The van der Waals surface area contributed by atoms with E-state index in [-0.39, 0.29) is 11.6 Å². The lowest BCUT2D eigenvalue weighted by Crippen LogP contribution is -2.37. The molecule has 1 fully saturated rings. The first-order chi connectivity index (χ1) is 11.1. The van der Waals surface area contributed by atoms with Gasteiger partial charge in [0.15, 0.2) is 0 Å². The maximum absolute atomic E-state index is 12.5. The topological polar surface area (TPSA) is 63.4 Å². The zero-order valence-corrected chi connectivity index (χ0v) is 12.7. The predicted molar refractivity (Wildman–Crippen MR) is 87.4 cm³/mol. The molecule has 1 aliphatic rings. The summed E-state index contributed by atoms with van der Waals surface area (Å²) in [7, 11) is 0. The van der Waals surface area contributed by atoms with Gasteiger partial charge in [0, 0.05) is 30.8 Å². The van der Waals surface area contributed by atoms with Gasteiger partial charge in [-0.3, -0.25) is 14.9 Å². The Bertz CT molecular complexity index is 707. The van der Waals surface area contributed by atoms with E-state index in [4.69, 9.17) is 0 Å². The largest absolute Gasteiger partial charge is 0.339 e. The van der Waals surface area contributed by atoms with Crippen LogP contribution in [0.3, 0.4) is 0 Å². The van der Waals surface area contributed by atoms with Crippen molar-refractivity contribution in [1.29, 1.82) is 0 Å². The van der Waals surface area contributed by atoms with Crippen molar-refractivity contribution in [2.45, 2.75) is 18.8 Å². The van der Waals surface area contributed by atoms with Crippen molar-refractivity contribution >= 4 is 11.6 Å². The average molecular weight is 310 g/mol. The zero-order chi connectivity index (χ0) is 16.2. The standard InChI is InChI=1S/C18H18N2O3/c21-18(16-7-4-8-17(13-16)20(22)23)19-11-9-15(10-12-19)14-5-2-1-3-6-14/h1-8,13,15H,9-12H2. The SMILES string of the molecule is O=C(c1cccc([N+](=O)[O-])c1)N1CCC(c2ccccc2)CC1. The van der Waals surface area contributed by atoms with Gasteiger partial charge in [0.05, 0.1) is 4.92 Å². The van der Waals surface area contributed by atoms with Gasteiger partial charge in [-0.1, -0.05) is 36.4 Å². The minimum absolute atomic E-state index is 0.0463. The van der Waals surface area contributed by atoms with E-state index in [1.165, 1.54) is 17.7 Å². The van der Waals surface area contributed by atoms with E-state index in [2.05, 4.69) is 12.1 Å². The maximum Gasteiger partial charge on any atom is 0.270 e. The van der Waals surface area contributed by atoms with Crippen LogP contribution in [0.2, 0.25) is 0 Å². The van der Waals surface area contributed by atoms with Crippen LogP contribution in [0.15, 0.2) is 54.6 Å². The van der Waals surface area contributed by atoms with Crippen LogP contribution < -0.4 is 0 Å². The first kappa shape index (κ1) is 15.2. The molecule has 1 aliphatic heterocycles. The third-order valence-corrected chi connectivity index (χ3v) is 4.36. The molecular formula is C18H18N2O3. The highest BCUT2D eigenvalue weighted by Crippen LogP contribution is 2.28. The van der Waals surface area contributed by atoms with Crippen LogP contribution >= 0.6 is 0 Å². The summed E-state index contributed by atoms with van der Waals surface area (Å²) in [4.78, 5) is 24.7. The molecule has 0 atom stereocenters. The molecule has 3 rings (SSSR count). The second-order valence-electron chi connectivity index (χ2n) is 5.78. The number of hydrogen-bond donors (Lipinski definition) is 0. The molecule has 0 aliphatic carbocycles. The molecule has 5 nitrogen and oxygen atoms in total. The Morgan fingerprint density at radius 1 is 1.04 bits per heavy atom. The molecule has 0 N–H and O–H groups in total. The molecule has 0 bridgehead atoms. The number of benzene rings is 2. The predicted octanol–water partition coefficient (Wildman–Crippen LogP) is 3.61. The van der Waals surface area contributed by atoms with Gasteiger partial charge in [0.25, 0.3) is 11.6 Å². The van der Waals surface area contributed by atoms with E-state index in [0.717, 1.165) is 12.8 Å².